The molecule has 1 aliphatic carbocycles. The van der Waals surface area contributed by atoms with Crippen LogP contribution in [0.5, 0.6) is 0 Å². The molecule has 0 bridgehead atoms. The van der Waals surface area contributed by atoms with Gasteiger partial charge in [-0.15, -0.1) is 23.2 Å². The quantitative estimate of drug-likeness (QED) is 0.241. The van der Waals surface area contributed by atoms with Crippen molar-refractivity contribution >= 4 is 92.8 Å². The van der Waals surface area contributed by atoms with Gasteiger partial charge in [0.25, 0.3) is 5.91 Å². The molecule has 0 unspecified atom stereocenters. The van der Waals surface area contributed by atoms with Gasteiger partial charge in [0.05, 0.1) is 26.5 Å². The minimum Gasteiger partial charge on any atom is -0.326 e. The molecule has 39 heavy (non-hydrogen) atoms. The van der Waals surface area contributed by atoms with Crippen LogP contribution in [0.1, 0.15) is 28.8 Å². The van der Waals surface area contributed by atoms with Gasteiger partial charge in [-0.3, -0.25) is 14.4 Å². The van der Waals surface area contributed by atoms with E-state index >= 15 is 0 Å². The molecule has 204 valence electrons. The van der Waals surface area contributed by atoms with Gasteiger partial charge in [-0.25, -0.2) is 13.2 Å². The third-order valence-electron chi connectivity index (χ3n) is 5.83. The average molecular weight is 640 g/mol. The van der Waals surface area contributed by atoms with Gasteiger partial charge in [-0.1, -0.05) is 40.9 Å². The van der Waals surface area contributed by atoms with E-state index in [4.69, 9.17) is 58.0 Å². The second-order valence-corrected chi connectivity index (χ2v) is 11.2. The molecule has 3 aromatic carbocycles. The van der Waals surface area contributed by atoms with E-state index in [-0.39, 0.29) is 21.3 Å². The molecule has 3 aromatic rings. The summed E-state index contributed by atoms with van der Waals surface area (Å²) in [6.07, 6.45) is 0. The first kappa shape index (κ1) is 29.3. The minimum absolute atomic E-state index is 0.0949. The molecule has 2 atom stereocenters. The van der Waals surface area contributed by atoms with Gasteiger partial charge in [-0.05, 0) is 35.9 Å². The first-order valence-electron chi connectivity index (χ1n) is 10.9. The summed E-state index contributed by atoms with van der Waals surface area (Å²) in [4.78, 5) is 37.1. The normalized spacial score (nSPS) is 17.4. The molecule has 0 aromatic heterocycles. The van der Waals surface area contributed by atoms with Crippen LogP contribution in [0.15, 0.2) is 42.5 Å². The number of hydrogen-bond donors (Lipinski definition) is 3. The Bertz CT molecular complexity index is 1540. The third kappa shape index (κ3) is 5.93. The number of alkyl halides is 2. The van der Waals surface area contributed by atoms with Crippen LogP contribution in [0.3, 0.4) is 0 Å². The Balaban J connectivity index is 1.55. The first-order valence-corrected chi connectivity index (χ1v) is 12.8. The molecule has 0 spiro atoms. The zero-order chi connectivity index (χ0) is 28.8. The van der Waals surface area contributed by atoms with Crippen LogP contribution < -0.4 is 16.0 Å². The van der Waals surface area contributed by atoms with Crippen LogP contribution in [0.2, 0.25) is 15.1 Å². The van der Waals surface area contributed by atoms with Gasteiger partial charge < -0.3 is 16.0 Å². The van der Waals surface area contributed by atoms with Gasteiger partial charge in [0.2, 0.25) is 11.8 Å². The highest BCUT2D eigenvalue weighted by molar-refractivity contribution is 6.53. The van der Waals surface area contributed by atoms with Crippen LogP contribution in [0, 0.1) is 23.4 Å². The Labute approximate surface area is 244 Å². The number of anilines is 3. The third-order valence-corrected chi connectivity index (χ3v) is 7.84. The minimum atomic E-state index is -1.54. The number of nitrogens with one attached hydrogen (secondary N) is 3. The van der Waals surface area contributed by atoms with Crippen molar-refractivity contribution in [2.45, 2.75) is 17.2 Å². The lowest BCUT2D eigenvalue weighted by Crippen LogP contribution is -2.19. The molecular formula is C25H15Cl5F3N3O3. The molecule has 0 radical (unpaired) electrons. The molecule has 0 aliphatic heterocycles. The number of halogens is 8. The van der Waals surface area contributed by atoms with Crippen molar-refractivity contribution in [1.29, 1.82) is 0 Å². The molecule has 3 amide bonds. The van der Waals surface area contributed by atoms with E-state index < -0.39 is 62.7 Å². The fourth-order valence-corrected chi connectivity index (χ4v) is 5.28. The predicted molar refractivity (Wildman–Crippen MR) is 146 cm³/mol. The number of hydrogen-bond acceptors (Lipinski definition) is 3. The zero-order valence-corrected chi connectivity index (χ0v) is 23.2. The van der Waals surface area contributed by atoms with E-state index in [0.29, 0.717) is 16.7 Å². The van der Waals surface area contributed by atoms with E-state index in [1.807, 2.05) is 10.6 Å². The van der Waals surface area contributed by atoms with Crippen LogP contribution in [0.25, 0.3) is 0 Å². The summed E-state index contributed by atoms with van der Waals surface area (Å²) in [5, 5.41) is 6.90. The summed E-state index contributed by atoms with van der Waals surface area (Å²) in [7, 11) is 0. The molecule has 0 heterocycles. The number of rotatable bonds is 6. The molecule has 3 N–H and O–H groups in total. The van der Waals surface area contributed by atoms with Gasteiger partial charge in [0.1, 0.15) is 15.7 Å². The Morgan fingerprint density at radius 1 is 0.795 bits per heavy atom. The largest absolute Gasteiger partial charge is 0.326 e. The van der Waals surface area contributed by atoms with Crippen molar-refractivity contribution in [3.05, 3.63) is 86.1 Å². The van der Waals surface area contributed by atoms with Crippen molar-refractivity contribution in [1.82, 2.24) is 0 Å². The number of amides is 3. The lowest BCUT2D eigenvalue weighted by atomic mass is 10.1. The Morgan fingerprint density at radius 3 is 2.03 bits per heavy atom. The van der Waals surface area contributed by atoms with Gasteiger partial charge in [0, 0.05) is 24.6 Å². The molecule has 4 rings (SSSR count). The Kier molecular flexibility index (Phi) is 8.31. The van der Waals surface area contributed by atoms with Crippen molar-refractivity contribution in [2.75, 3.05) is 16.0 Å². The van der Waals surface area contributed by atoms with E-state index in [9.17, 15) is 27.6 Å². The fraction of sp³-hybridized carbons (Fsp3) is 0.160. The van der Waals surface area contributed by atoms with Gasteiger partial charge >= 0.3 is 0 Å². The smallest absolute Gasteiger partial charge is 0.257 e. The Hall–Kier alpha value is -2.69. The van der Waals surface area contributed by atoms with Crippen molar-refractivity contribution < 1.29 is 27.6 Å². The zero-order valence-electron chi connectivity index (χ0n) is 19.4. The van der Waals surface area contributed by atoms with E-state index in [1.54, 1.807) is 18.2 Å². The van der Waals surface area contributed by atoms with Crippen LogP contribution >= 0.6 is 58.0 Å². The topological polar surface area (TPSA) is 87.3 Å². The van der Waals surface area contributed by atoms with E-state index in [2.05, 4.69) is 5.32 Å². The highest BCUT2D eigenvalue weighted by Crippen LogP contribution is 2.65. The number of benzene rings is 3. The molecule has 14 heteroatoms. The maximum Gasteiger partial charge on any atom is 0.257 e. The summed E-state index contributed by atoms with van der Waals surface area (Å²) >= 11 is 30.8. The highest BCUT2D eigenvalue weighted by atomic mass is 35.5. The summed E-state index contributed by atoms with van der Waals surface area (Å²) in [5.41, 5.74) is -1.56. The van der Waals surface area contributed by atoms with Crippen LogP contribution in [0.4, 0.5) is 30.2 Å². The summed E-state index contributed by atoms with van der Waals surface area (Å²) in [5.74, 6) is -8.34. The fourth-order valence-electron chi connectivity index (χ4n) is 3.95. The molecule has 1 aliphatic rings. The van der Waals surface area contributed by atoms with Crippen molar-refractivity contribution in [3.8, 4) is 0 Å². The maximum atomic E-state index is 14.7. The lowest BCUT2D eigenvalue weighted by Gasteiger charge is -2.14. The lowest BCUT2D eigenvalue weighted by molar-refractivity contribution is -0.117. The summed E-state index contributed by atoms with van der Waals surface area (Å²) < 4.78 is 41.5. The Morgan fingerprint density at radius 2 is 1.41 bits per heavy atom. The van der Waals surface area contributed by atoms with Crippen molar-refractivity contribution in [3.63, 3.8) is 0 Å². The summed E-state index contributed by atoms with van der Waals surface area (Å²) in [6.45, 7) is 0.993. The molecular weight excluding hydrogens is 625 g/mol. The second-order valence-electron chi connectivity index (χ2n) is 8.53. The molecule has 1 saturated carbocycles. The van der Waals surface area contributed by atoms with Gasteiger partial charge in [0.15, 0.2) is 17.5 Å². The van der Waals surface area contributed by atoms with Crippen molar-refractivity contribution in [2.24, 2.45) is 5.92 Å². The highest BCUT2D eigenvalue weighted by Gasteiger charge is 2.67. The van der Waals surface area contributed by atoms with Gasteiger partial charge in [-0.2, -0.15) is 0 Å². The van der Waals surface area contributed by atoms with Crippen LogP contribution in [-0.4, -0.2) is 22.1 Å². The molecule has 6 nitrogen and oxygen atoms in total. The SMILES string of the molecule is CC(=O)Nc1c(F)cc(F)c(NC(=O)c2cc(NC(=O)[C@H]3[C@H](c4ccc(Cl)c(Cl)c4)C3(Cl)Cl)ccc2Cl)c1F. The maximum absolute atomic E-state index is 14.7. The van der Waals surface area contributed by atoms with E-state index in [0.717, 1.165) is 13.0 Å². The number of carbonyl (C=O) groups excluding carboxylic acids is 3. The molecule has 1 fully saturated rings. The van der Waals surface area contributed by atoms with E-state index in [1.165, 1.54) is 12.1 Å². The van der Waals surface area contributed by atoms with Crippen LogP contribution in [-0.2, 0) is 9.59 Å². The molecule has 0 saturated heterocycles. The second kappa shape index (κ2) is 11.1. The standard InChI is InChI=1S/C25H15Cl5F3N3O3/c1-9(37)34-21-16(31)8-17(32)22(20(21)33)36-23(38)12-7-11(3-5-13(12)26)35-24(39)19-18(25(19,29)30)10-2-4-14(27)15(28)6-10/h2-8,18-19H,1H3,(H,34,37)(H,35,39)(H,36,38)/t18-,19+/m0/s1. The first-order chi connectivity index (χ1) is 18.2. The summed E-state index contributed by atoms with van der Waals surface area (Å²) in [6, 6.07) is 8.85. The monoisotopic (exact) mass is 637 g/mol. The number of carbonyl (C=O) groups is 3. The average Bonchev–Trinajstić information content (AvgIpc) is 3.44. The predicted octanol–water partition coefficient (Wildman–Crippen LogP) is 7.80.